The second-order valence-corrected chi connectivity index (χ2v) is 7.24. The molecule has 0 aromatic carbocycles. The predicted molar refractivity (Wildman–Crippen MR) is 94.2 cm³/mol. The summed E-state index contributed by atoms with van der Waals surface area (Å²) in [5.74, 6) is 0.720. The molecule has 3 aromatic rings. The summed E-state index contributed by atoms with van der Waals surface area (Å²) in [7, 11) is 0. The van der Waals surface area contributed by atoms with Gasteiger partial charge in [-0.1, -0.05) is 6.07 Å². The summed E-state index contributed by atoms with van der Waals surface area (Å²) in [4.78, 5) is 20.0. The molecule has 5 nitrogen and oxygen atoms in total. The van der Waals surface area contributed by atoms with Crippen LogP contribution in [0, 0.1) is 0 Å². The molecule has 4 heterocycles. The van der Waals surface area contributed by atoms with E-state index >= 15 is 0 Å². The average molecular weight is 340 g/mol. The lowest BCUT2D eigenvalue weighted by molar-refractivity contribution is -0.132. The molecule has 1 aliphatic rings. The Balaban J connectivity index is 1.36. The number of nitrogens with zero attached hydrogens (tertiary/aromatic N) is 4. The van der Waals surface area contributed by atoms with Crippen LogP contribution in [0.3, 0.4) is 0 Å². The first-order valence-electron chi connectivity index (χ1n) is 8.40. The van der Waals surface area contributed by atoms with Gasteiger partial charge in [-0.25, -0.2) is 9.50 Å². The zero-order chi connectivity index (χ0) is 16.4. The van der Waals surface area contributed by atoms with Gasteiger partial charge < -0.3 is 4.90 Å². The molecule has 124 valence electrons. The Morgan fingerprint density at radius 2 is 2.08 bits per heavy atom. The molecule has 3 aromatic heterocycles. The van der Waals surface area contributed by atoms with E-state index in [1.807, 2.05) is 27.7 Å². The monoisotopic (exact) mass is 340 g/mol. The van der Waals surface area contributed by atoms with Gasteiger partial charge in [-0.05, 0) is 36.8 Å². The number of likely N-dealkylation sites (tertiary alicyclic amines) is 1. The molecule has 1 amide bonds. The lowest BCUT2D eigenvalue weighted by Crippen LogP contribution is -2.38. The highest BCUT2D eigenvalue weighted by Crippen LogP contribution is 2.28. The number of piperidine rings is 1. The van der Waals surface area contributed by atoms with Gasteiger partial charge in [0.1, 0.15) is 0 Å². The summed E-state index contributed by atoms with van der Waals surface area (Å²) < 4.78 is 1.93. The van der Waals surface area contributed by atoms with Crippen LogP contribution in [0.4, 0.5) is 0 Å². The average Bonchev–Trinajstić information content (AvgIpc) is 3.31. The Morgan fingerprint density at radius 3 is 2.88 bits per heavy atom. The molecular formula is C18H20N4OS. The first-order chi connectivity index (χ1) is 11.8. The van der Waals surface area contributed by atoms with Crippen molar-refractivity contribution < 1.29 is 4.79 Å². The Morgan fingerprint density at radius 1 is 1.21 bits per heavy atom. The van der Waals surface area contributed by atoms with E-state index in [9.17, 15) is 4.79 Å². The largest absolute Gasteiger partial charge is 0.343 e. The van der Waals surface area contributed by atoms with Crippen LogP contribution >= 0.6 is 11.3 Å². The van der Waals surface area contributed by atoms with E-state index in [0.29, 0.717) is 12.3 Å². The molecule has 6 heteroatoms. The van der Waals surface area contributed by atoms with Crippen molar-refractivity contribution in [1.29, 1.82) is 0 Å². The number of thiophene rings is 1. The highest BCUT2D eigenvalue weighted by molar-refractivity contribution is 7.09. The molecule has 0 unspecified atom stereocenters. The minimum absolute atomic E-state index is 0.279. The van der Waals surface area contributed by atoms with Crippen molar-refractivity contribution in [3.05, 3.63) is 52.6 Å². The molecule has 0 bridgehead atoms. The first-order valence-corrected chi connectivity index (χ1v) is 9.28. The number of fused-ring (bicyclic) bond motifs is 1. The van der Waals surface area contributed by atoms with Gasteiger partial charge in [0.05, 0.1) is 6.20 Å². The van der Waals surface area contributed by atoms with Crippen LogP contribution in [-0.4, -0.2) is 38.5 Å². The van der Waals surface area contributed by atoms with E-state index in [2.05, 4.69) is 27.6 Å². The maximum atomic E-state index is 12.4. The quantitative estimate of drug-likeness (QED) is 0.733. The molecule has 0 spiro atoms. The number of aryl methyl sites for hydroxylation is 1. The second-order valence-electron chi connectivity index (χ2n) is 6.21. The van der Waals surface area contributed by atoms with E-state index in [1.165, 1.54) is 10.6 Å². The molecule has 0 radical (unpaired) electrons. The van der Waals surface area contributed by atoms with Gasteiger partial charge in [0, 0.05) is 48.3 Å². The van der Waals surface area contributed by atoms with Gasteiger partial charge in [-0.3, -0.25) is 4.79 Å². The lowest BCUT2D eigenvalue weighted by atomic mass is 9.93. The zero-order valence-corrected chi connectivity index (χ0v) is 14.3. The summed E-state index contributed by atoms with van der Waals surface area (Å²) in [5.41, 5.74) is 2.10. The first kappa shape index (κ1) is 15.3. The van der Waals surface area contributed by atoms with Crippen molar-refractivity contribution in [3.8, 4) is 0 Å². The molecule has 0 aliphatic carbocycles. The van der Waals surface area contributed by atoms with E-state index < -0.39 is 0 Å². The van der Waals surface area contributed by atoms with Crippen LogP contribution in [-0.2, 0) is 11.2 Å². The second kappa shape index (κ2) is 6.73. The third-order valence-corrected chi connectivity index (χ3v) is 5.69. The molecule has 0 atom stereocenters. The van der Waals surface area contributed by atoms with Crippen LogP contribution in [0.5, 0.6) is 0 Å². The molecule has 1 fully saturated rings. The van der Waals surface area contributed by atoms with Crippen molar-refractivity contribution in [2.75, 3.05) is 13.1 Å². The number of hydrogen-bond acceptors (Lipinski definition) is 4. The Bertz CT molecular complexity index is 819. The molecule has 0 N–H and O–H groups in total. The topological polar surface area (TPSA) is 50.5 Å². The maximum absolute atomic E-state index is 12.4. The molecular weight excluding hydrogens is 320 g/mol. The molecule has 0 saturated carbocycles. The normalized spacial score (nSPS) is 15.9. The van der Waals surface area contributed by atoms with Crippen LogP contribution in [0.1, 0.15) is 35.8 Å². The summed E-state index contributed by atoms with van der Waals surface area (Å²) in [6.07, 6.45) is 7.09. The SMILES string of the molecule is O=C(CCc1cccs1)N1CCC(c2ccnc3ccnn23)CC1. The Labute approximate surface area is 144 Å². The number of rotatable bonds is 4. The fourth-order valence-electron chi connectivity index (χ4n) is 3.43. The molecule has 24 heavy (non-hydrogen) atoms. The van der Waals surface area contributed by atoms with Crippen LogP contribution in [0.2, 0.25) is 0 Å². The van der Waals surface area contributed by atoms with Gasteiger partial charge in [0.2, 0.25) is 5.91 Å². The third-order valence-electron chi connectivity index (χ3n) is 4.75. The van der Waals surface area contributed by atoms with Gasteiger partial charge in [-0.15, -0.1) is 11.3 Å². The van der Waals surface area contributed by atoms with Crippen molar-refractivity contribution in [1.82, 2.24) is 19.5 Å². The third kappa shape index (κ3) is 3.06. The van der Waals surface area contributed by atoms with Crippen LogP contribution in [0.25, 0.3) is 5.65 Å². The standard InChI is InChI=1S/C18H20N4OS/c23-18(4-3-15-2-1-13-24-15)21-11-7-14(8-12-21)16-5-9-19-17-6-10-20-22(16)17/h1-2,5-6,9-10,13-14H,3-4,7-8,11-12H2. The van der Waals surface area contributed by atoms with E-state index in [4.69, 9.17) is 0 Å². The number of carbonyl (C=O) groups is 1. The highest BCUT2D eigenvalue weighted by Gasteiger charge is 2.25. The van der Waals surface area contributed by atoms with E-state index in [0.717, 1.165) is 38.0 Å². The molecule has 1 aliphatic heterocycles. The predicted octanol–water partition coefficient (Wildman–Crippen LogP) is 3.13. The maximum Gasteiger partial charge on any atom is 0.222 e. The lowest BCUT2D eigenvalue weighted by Gasteiger charge is -2.32. The Kier molecular flexibility index (Phi) is 4.30. The summed E-state index contributed by atoms with van der Waals surface area (Å²) in [6.45, 7) is 1.66. The van der Waals surface area contributed by atoms with Crippen LogP contribution in [0.15, 0.2) is 42.0 Å². The zero-order valence-electron chi connectivity index (χ0n) is 13.5. The summed E-state index contributed by atoms with van der Waals surface area (Å²) >= 11 is 1.72. The van der Waals surface area contributed by atoms with Crippen molar-refractivity contribution >= 4 is 22.9 Å². The van der Waals surface area contributed by atoms with E-state index in [-0.39, 0.29) is 5.91 Å². The molecule has 1 saturated heterocycles. The number of amides is 1. The minimum atomic E-state index is 0.279. The smallest absolute Gasteiger partial charge is 0.222 e. The Hall–Kier alpha value is -2.21. The number of aromatic nitrogens is 3. The van der Waals surface area contributed by atoms with Crippen LogP contribution < -0.4 is 0 Å². The van der Waals surface area contributed by atoms with Crippen molar-refractivity contribution in [2.45, 2.75) is 31.6 Å². The van der Waals surface area contributed by atoms with Crippen molar-refractivity contribution in [2.24, 2.45) is 0 Å². The number of hydrogen-bond donors (Lipinski definition) is 0. The van der Waals surface area contributed by atoms with E-state index in [1.54, 1.807) is 17.5 Å². The van der Waals surface area contributed by atoms with Gasteiger partial charge >= 0.3 is 0 Å². The van der Waals surface area contributed by atoms with Gasteiger partial charge in [0.15, 0.2) is 5.65 Å². The fraction of sp³-hybridized carbons (Fsp3) is 0.389. The summed E-state index contributed by atoms with van der Waals surface area (Å²) in [6, 6.07) is 8.12. The minimum Gasteiger partial charge on any atom is -0.343 e. The number of carbonyl (C=O) groups excluding carboxylic acids is 1. The van der Waals surface area contributed by atoms with Crippen molar-refractivity contribution in [3.63, 3.8) is 0 Å². The fourth-order valence-corrected chi connectivity index (χ4v) is 4.14. The summed E-state index contributed by atoms with van der Waals surface area (Å²) in [5, 5.41) is 6.45. The molecule has 4 rings (SSSR count). The van der Waals surface area contributed by atoms with Gasteiger partial charge in [-0.2, -0.15) is 5.10 Å². The highest BCUT2D eigenvalue weighted by atomic mass is 32.1. The van der Waals surface area contributed by atoms with Gasteiger partial charge in [0.25, 0.3) is 0 Å².